The van der Waals surface area contributed by atoms with Crippen LogP contribution < -0.4 is 10.6 Å². The first kappa shape index (κ1) is 11.9. The van der Waals surface area contributed by atoms with E-state index < -0.39 is 0 Å². The number of hydrogen-bond acceptors (Lipinski definition) is 3. The topological polar surface area (TPSA) is 37.0 Å². The molecule has 88 valence electrons. The fourth-order valence-corrected chi connectivity index (χ4v) is 2.45. The van der Waals surface area contributed by atoms with E-state index in [1.807, 2.05) is 12.3 Å². The van der Waals surface area contributed by atoms with Gasteiger partial charge < -0.3 is 10.6 Å². The van der Waals surface area contributed by atoms with Gasteiger partial charge in [-0.2, -0.15) is 0 Å². The predicted molar refractivity (Wildman–Crippen MR) is 70.8 cm³/mol. The number of halogens is 1. The monoisotopic (exact) mass is 283 g/mol. The van der Waals surface area contributed by atoms with Crippen LogP contribution in [0.1, 0.15) is 25.3 Å². The molecule has 1 fully saturated rings. The summed E-state index contributed by atoms with van der Waals surface area (Å²) in [4.78, 5) is 4.38. The van der Waals surface area contributed by atoms with E-state index in [-0.39, 0.29) is 0 Å². The van der Waals surface area contributed by atoms with Gasteiger partial charge in [-0.3, -0.25) is 0 Å². The van der Waals surface area contributed by atoms with Crippen LogP contribution in [0.25, 0.3) is 0 Å². The smallest absolute Gasteiger partial charge is 0.140 e. The number of nitrogens with zero attached hydrogens (tertiary/aromatic N) is 1. The van der Waals surface area contributed by atoms with Crippen LogP contribution >= 0.6 is 15.9 Å². The second-order valence-corrected chi connectivity index (χ2v) is 5.30. The average Bonchev–Trinajstić information content (AvgIpc) is 2.25. The van der Waals surface area contributed by atoms with Crippen LogP contribution in [-0.4, -0.2) is 23.6 Å². The molecule has 3 nitrogen and oxygen atoms in total. The van der Waals surface area contributed by atoms with E-state index in [1.54, 1.807) is 0 Å². The molecule has 4 heteroatoms. The average molecular weight is 284 g/mol. The van der Waals surface area contributed by atoms with Gasteiger partial charge in [-0.25, -0.2) is 4.98 Å². The first-order valence-corrected chi connectivity index (χ1v) is 6.57. The maximum Gasteiger partial charge on any atom is 0.140 e. The Morgan fingerprint density at radius 1 is 1.56 bits per heavy atom. The third-order valence-electron chi connectivity index (χ3n) is 3.05. The number of nitrogens with one attached hydrogen (secondary N) is 2. The molecule has 0 bridgehead atoms. The summed E-state index contributed by atoms with van der Waals surface area (Å²) in [6.45, 7) is 5.40. The lowest BCUT2D eigenvalue weighted by molar-refractivity contribution is 0.395. The zero-order chi connectivity index (χ0) is 11.5. The van der Waals surface area contributed by atoms with Crippen LogP contribution in [0.4, 0.5) is 5.82 Å². The third kappa shape index (κ3) is 2.74. The summed E-state index contributed by atoms with van der Waals surface area (Å²) < 4.78 is 1.08. The van der Waals surface area contributed by atoms with Gasteiger partial charge in [0.1, 0.15) is 5.82 Å². The molecule has 1 aromatic heterocycles. The van der Waals surface area contributed by atoms with E-state index in [1.165, 1.54) is 5.56 Å². The van der Waals surface area contributed by atoms with Gasteiger partial charge >= 0.3 is 0 Å². The summed E-state index contributed by atoms with van der Waals surface area (Å²) in [5, 5.41) is 6.97. The quantitative estimate of drug-likeness (QED) is 0.876. The van der Waals surface area contributed by atoms with E-state index in [4.69, 9.17) is 0 Å². The van der Waals surface area contributed by atoms with Gasteiger partial charge in [-0.05, 0) is 60.8 Å². The Balaban J connectivity index is 2.05. The van der Waals surface area contributed by atoms with Crippen molar-refractivity contribution in [1.82, 2.24) is 10.3 Å². The molecule has 0 saturated carbocycles. The van der Waals surface area contributed by atoms with Gasteiger partial charge in [0.15, 0.2) is 0 Å². The molecule has 0 amide bonds. The van der Waals surface area contributed by atoms with Crippen molar-refractivity contribution in [3.8, 4) is 0 Å². The SMILES string of the molecule is Cc1ccnc(NC2CCNC(C)C2)c1Br. The second-order valence-electron chi connectivity index (χ2n) is 4.51. The lowest BCUT2D eigenvalue weighted by Gasteiger charge is -2.29. The van der Waals surface area contributed by atoms with Crippen LogP contribution in [0.2, 0.25) is 0 Å². The molecule has 2 rings (SSSR count). The van der Waals surface area contributed by atoms with E-state index in [2.05, 4.69) is 45.4 Å². The summed E-state index contributed by atoms with van der Waals surface area (Å²) in [6.07, 6.45) is 4.17. The second kappa shape index (κ2) is 5.15. The minimum absolute atomic E-state index is 0.529. The molecule has 1 aromatic rings. The number of rotatable bonds is 2. The standard InChI is InChI=1S/C12H18BrN3/c1-8-3-5-15-12(11(8)13)16-10-4-6-14-9(2)7-10/h3,5,9-10,14H,4,6-7H2,1-2H3,(H,15,16). The van der Waals surface area contributed by atoms with E-state index in [9.17, 15) is 0 Å². The Labute approximate surface area is 105 Å². The Kier molecular flexibility index (Phi) is 3.82. The van der Waals surface area contributed by atoms with Crippen LogP contribution in [0.15, 0.2) is 16.7 Å². The highest BCUT2D eigenvalue weighted by atomic mass is 79.9. The lowest BCUT2D eigenvalue weighted by atomic mass is 10.0. The fraction of sp³-hybridized carbons (Fsp3) is 0.583. The molecule has 0 radical (unpaired) electrons. The highest BCUT2D eigenvalue weighted by Crippen LogP contribution is 2.25. The molecule has 0 aromatic carbocycles. The van der Waals surface area contributed by atoms with Gasteiger partial charge in [0.05, 0.1) is 4.47 Å². The molecule has 1 aliphatic rings. The highest BCUT2D eigenvalue weighted by Gasteiger charge is 2.19. The van der Waals surface area contributed by atoms with E-state index >= 15 is 0 Å². The molecule has 1 aliphatic heterocycles. The number of hydrogen-bond donors (Lipinski definition) is 2. The van der Waals surface area contributed by atoms with Crippen molar-refractivity contribution < 1.29 is 0 Å². The minimum Gasteiger partial charge on any atom is -0.366 e. The predicted octanol–water partition coefficient (Wildman–Crippen LogP) is 2.70. The summed E-state index contributed by atoms with van der Waals surface area (Å²) in [5.41, 5.74) is 1.22. The number of piperidine rings is 1. The normalized spacial score (nSPS) is 25.4. The number of anilines is 1. The molecule has 2 N–H and O–H groups in total. The maximum absolute atomic E-state index is 4.38. The summed E-state index contributed by atoms with van der Waals surface area (Å²) in [7, 11) is 0. The third-order valence-corrected chi connectivity index (χ3v) is 4.05. The number of aryl methyl sites for hydroxylation is 1. The number of pyridine rings is 1. The van der Waals surface area contributed by atoms with Gasteiger partial charge in [0.25, 0.3) is 0 Å². The van der Waals surface area contributed by atoms with Crippen molar-refractivity contribution in [1.29, 1.82) is 0 Å². The van der Waals surface area contributed by atoms with Crippen molar-refractivity contribution >= 4 is 21.7 Å². The Morgan fingerprint density at radius 2 is 2.38 bits per heavy atom. The first-order chi connectivity index (χ1) is 7.66. The molecule has 2 heterocycles. The summed E-state index contributed by atoms with van der Waals surface area (Å²) in [6, 6.07) is 3.14. The maximum atomic E-state index is 4.38. The Hall–Kier alpha value is -0.610. The van der Waals surface area contributed by atoms with Crippen molar-refractivity contribution in [2.45, 2.75) is 38.8 Å². The molecule has 0 spiro atoms. The summed E-state index contributed by atoms with van der Waals surface area (Å²) >= 11 is 3.58. The lowest BCUT2D eigenvalue weighted by Crippen LogP contribution is -2.41. The minimum atomic E-state index is 0.529. The van der Waals surface area contributed by atoms with E-state index in [0.29, 0.717) is 12.1 Å². The molecule has 1 saturated heterocycles. The largest absolute Gasteiger partial charge is 0.366 e. The van der Waals surface area contributed by atoms with Crippen LogP contribution in [0.3, 0.4) is 0 Å². The van der Waals surface area contributed by atoms with Crippen LogP contribution in [0.5, 0.6) is 0 Å². The number of aromatic nitrogens is 1. The van der Waals surface area contributed by atoms with Crippen LogP contribution in [-0.2, 0) is 0 Å². The van der Waals surface area contributed by atoms with Gasteiger partial charge in [0, 0.05) is 18.3 Å². The van der Waals surface area contributed by atoms with Crippen molar-refractivity contribution in [3.05, 3.63) is 22.3 Å². The Morgan fingerprint density at radius 3 is 3.12 bits per heavy atom. The van der Waals surface area contributed by atoms with Crippen molar-refractivity contribution in [3.63, 3.8) is 0 Å². The molecule has 0 aliphatic carbocycles. The van der Waals surface area contributed by atoms with Crippen molar-refractivity contribution in [2.24, 2.45) is 0 Å². The van der Waals surface area contributed by atoms with Crippen LogP contribution in [0, 0.1) is 6.92 Å². The van der Waals surface area contributed by atoms with E-state index in [0.717, 1.165) is 29.7 Å². The molecule has 2 unspecified atom stereocenters. The Bertz CT molecular complexity index is 367. The zero-order valence-electron chi connectivity index (χ0n) is 9.76. The van der Waals surface area contributed by atoms with Gasteiger partial charge in [0.2, 0.25) is 0 Å². The highest BCUT2D eigenvalue weighted by molar-refractivity contribution is 9.10. The first-order valence-electron chi connectivity index (χ1n) is 5.78. The van der Waals surface area contributed by atoms with Crippen molar-refractivity contribution in [2.75, 3.05) is 11.9 Å². The van der Waals surface area contributed by atoms with Gasteiger partial charge in [-0.15, -0.1) is 0 Å². The molecule has 2 atom stereocenters. The zero-order valence-corrected chi connectivity index (χ0v) is 11.3. The summed E-state index contributed by atoms with van der Waals surface area (Å²) in [5.74, 6) is 0.971. The van der Waals surface area contributed by atoms with Gasteiger partial charge in [-0.1, -0.05) is 0 Å². The molecular formula is C12H18BrN3. The fourth-order valence-electron chi connectivity index (χ4n) is 2.10. The molecule has 16 heavy (non-hydrogen) atoms. The molecular weight excluding hydrogens is 266 g/mol.